The van der Waals surface area contributed by atoms with Crippen LogP contribution in [0.2, 0.25) is 4.34 Å². The lowest BCUT2D eigenvalue weighted by molar-refractivity contribution is 0.105. The molecule has 10 heteroatoms. The number of nitrogens with zero attached hydrogens (tertiary/aromatic N) is 1. The van der Waals surface area contributed by atoms with Gasteiger partial charge in [0.1, 0.15) is 30.5 Å². The molecule has 0 aliphatic carbocycles. The van der Waals surface area contributed by atoms with Crippen molar-refractivity contribution in [3.05, 3.63) is 62.2 Å². The van der Waals surface area contributed by atoms with Crippen LogP contribution in [0.15, 0.2) is 41.9 Å². The molecule has 0 aliphatic heterocycles. The highest BCUT2D eigenvalue weighted by atomic mass is 35.5. The number of hydrogen-bond acceptors (Lipinski definition) is 9. The zero-order valence-electron chi connectivity index (χ0n) is 17.9. The third-order valence-electron chi connectivity index (χ3n) is 4.55. The second-order valence-corrected chi connectivity index (χ2v) is 9.70. The number of aromatic nitrogens is 1. The molecule has 2 N–H and O–H groups in total. The molecular weight excluding hydrogens is 484 g/mol. The molecule has 0 amide bonds. The molecule has 0 saturated carbocycles. The lowest BCUT2D eigenvalue weighted by Crippen LogP contribution is -2.10. The highest BCUT2D eigenvalue weighted by molar-refractivity contribution is 7.18. The number of hydrogen-bond donors (Lipinski definition) is 1. The van der Waals surface area contributed by atoms with E-state index in [0.717, 1.165) is 20.3 Å². The number of ether oxygens (including phenoxy) is 4. The van der Waals surface area contributed by atoms with Gasteiger partial charge >= 0.3 is 6.16 Å². The van der Waals surface area contributed by atoms with E-state index < -0.39 is 6.16 Å². The number of carbonyl (C=O) groups is 1. The molecule has 0 bridgehead atoms. The Morgan fingerprint density at radius 2 is 1.91 bits per heavy atom. The Morgan fingerprint density at radius 3 is 2.61 bits per heavy atom. The van der Waals surface area contributed by atoms with Crippen molar-refractivity contribution in [3.8, 4) is 17.2 Å². The Hall–Kier alpha value is -3.01. The van der Waals surface area contributed by atoms with Gasteiger partial charge < -0.3 is 24.7 Å². The molecule has 4 aromatic rings. The average molecular weight is 505 g/mol. The molecule has 0 fully saturated rings. The Bertz CT molecular complexity index is 1290. The van der Waals surface area contributed by atoms with Gasteiger partial charge in [-0.05, 0) is 49.1 Å². The highest BCUT2D eigenvalue weighted by Crippen LogP contribution is 2.37. The first-order valence-electron chi connectivity index (χ1n) is 10.0. The summed E-state index contributed by atoms with van der Waals surface area (Å²) in [6.07, 6.45) is 0.634. The van der Waals surface area contributed by atoms with E-state index in [-0.39, 0.29) is 13.2 Å². The maximum atomic E-state index is 11.7. The topological polar surface area (TPSA) is 92.9 Å². The van der Waals surface area contributed by atoms with E-state index in [4.69, 9.17) is 36.3 Å². The third-order valence-corrected chi connectivity index (χ3v) is 6.80. The fraction of sp³-hybridized carbons (Fsp3) is 0.217. The Kier molecular flexibility index (Phi) is 7.22. The number of aryl methyl sites for hydroxylation is 1. The summed E-state index contributed by atoms with van der Waals surface area (Å²) in [7, 11) is 0. The van der Waals surface area contributed by atoms with Crippen LogP contribution in [-0.4, -0.2) is 17.7 Å². The van der Waals surface area contributed by atoms with Gasteiger partial charge in [0.2, 0.25) is 0 Å². The summed E-state index contributed by atoms with van der Waals surface area (Å²) in [5.41, 5.74) is 7.96. The van der Waals surface area contributed by atoms with Crippen molar-refractivity contribution in [2.45, 2.75) is 27.1 Å². The number of pyridine rings is 1. The van der Waals surface area contributed by atoms with Crippen molar-refractivity contribution in [2.24, 2.45) is 0 Å². The Labute approximate surface area is 203 Å². The zero-order valence-corrected chi connectivity index (χ0v) is 20.3. The predicted octanol–water partition coefficient (Wildman–Crippen LogP) is 6.60. The van der Waals surface area contributed by atoms with E-state index in [2.05, 4.69) is 4.98 Å². The van der Waals surface area contributed by atoms with Gasteiger partial charge in [0.25, 0.3) is 0 Å². The summed E-state index contributed by atoms with van der Waals surface area (Å²) in [6.45, 7) is 4.59. The van der Waals surface area contributed by atoms with E-state index in [0.29, 0.717) is 39.8 Å². The first-order valence-corrected chi connectivity index (χ1v) is 12.1. The lowest BCUT2D eigenvalue weighted by Gasteiger charge is -2.11. The van der Waals surface area contributed by atoms with Crippen LogP contribution in [0.5, 0.6) is 17.2 Å². The number of nitrogen functional groups attached to an aromatic ring is 1. The van der Waals surface area contributed by atoms with Crippen molar-refractivity contribution >= 4 is 56.3 Å². The second-order valence-electron chi connectivity index (χ2n) is 7.02. The Balaban J connectivity index is 1.49. The maximum Gasteiger partial charge on any atom is 0.513 e. The van der Waals surface area contributed by atoms with Gasteiger partial charge in [-0.1, -0.05) is 11.6 Å². The fourth-order valence-electron chi connectivity index (χ4n) is 3.15. The number of anilines is 1. The minimum absolute atomic E-state index is 0.219. The van der Waals surface area contributed by atoms with Gasteiger partial charge in [0, 0.05) is 21.9 Å². The smallest absolute Gasteiger partial charge is 0.489 e. The monoisotopic (exact) mass is 504 g/mol. The molecule has 172 valence electrons. The number of halogens is 1. The molecule has 0 spiro atoms. The van der Waals surface area contributed by atoms with Crippen LogP contribution in [-0.2, 0) is 18.0 Å². The summed E-state index contributed by atoms with van der Waals surface area (Å²) >= 11 is 8.87. The second kappa shape index (κ2) is 10.3. The van der Waals surface area contributed by atoms with Crippen LogP contribution < -0.4 is 19.9 Å². The van der Waals surface area contributed by atoms with Gasteiger partial charge in [-0.2, -0.15) is 0 Å². The van der Waals surface area contributed by atoms with Crippen molar-refractivity contribution in [3.63, 3.8) is 0 Å². The first kappa shape index (κ1) is 23.2. The molecule has 0 radical (unpaired) electrons. The van der Waals surface area contributed by atoms with Gasteiger partial charge in [-0.25, -0.2) is 9.78 Å². The molecule has 0 saturated heterocycles. The fourth-order valence-corrected chi connectivity index (χ4v) is 5.16. The first-order chi connectivity index (χ1) is 15.9. The Morgan fingerprint density at radius 1 is 1.15 bits per heavy atom. The van der Waals surface area contributed by atoms with Gasteiger partial charge in [-0.3, -0.25) is 0 Å². The van der Waals surface area contributed by atoms with Crippen LogP contribution in [0.25, 0.3) is 10.1 Å². The molecule has 4 rings (SSSR count). The molecular formula is C23H21ClN2O5S2. The molecule has 1 aromatic carbocycles. The van der Waals surface area contributed by atoms with Crippen molar-refractivity contribution < 1.29 is 23.7 Å². The zero-order chi connectivity index (χ0) is 23.4. The van der Waals surface area contributed by atoms with Crippen LogP contribution >= 0.6 is 34.3 Å². The summed E-state index contributed by atoms with van der Waals surface area (Å²) in [4.78, 5) is 16.9. The van der Waals surface area contributed by atoms with Crippen LogP contribution in [0.1, 0.15) is 22.9 Å². The van der Waals surface area contributed by atoms with Gasteiger partial charge in [0.15, 0.2) is 5.75 Å². The summed E-state index contributed by atoms with van der Waals surface area (Å²) in [5, 5.41) is 2.61. The van der Waals surface area contributed by atoms with Crippen molar-refractivity contribution in [1.29, 1.82) is 0 Å². The van der Waals surface area contributed by atoms with E-state index in [1.807, 2.05) is 42.6 Å². The van der Waals surface area contributed by atoms with Gasteiger partial charge in [-0.15, -0.1) is 22.7 Å². The highest BCUT2D eigenvalue weighted by Gasteiger charge is 2.17. The largest absolute Gasteiger partial charge is 0.513 e. The maximum absolute atomic E-state index is 11.7. The molecule has 0 aliphatic rings. The number of nitrogens with two attached hydrogens (primary N) is 1. The molecule has 0 unspecified atom stereocenters. The van der Waals surface area contributed by atoms with Gasteiger partial charge in [0.05, 0.1) is 21.8 Å². The average Bonchev–Trinajstić information content (AvgIpc) is 3.39. The lowest BCUT2D eigenvalue weighted by atomic mass is 10.2. The molecule has 33 heavy (non-hydrogen) atoms. The summed E-state index contributed by atoms with van der Waals surface area (Å²) in [6, 6.07) is 9.52. The molecule has 3 heterocycles. The summed E-state index contributed by atoms with van der Waals surface area (Å²) < 4.78 is 23.5. The predicted molar refractivity (Wildman–Crippen MR) is 131 cm³/mol. The van der Waals surface area contributed by atoms with E-state index in [9.17, 15) is 4.79 Å². The van der Waals surface area contributed by atoms with E-state index in [1.165, 1.54) is 28.9 Å². The minimum atomic E-state index is -0.784. The van der Waals surface area contributed by atoms with Crippen molar-refractivity contribution in [2.75, 3.05) is 12.3 Å². The minimum Gasteiger partial charge on any atom is -0.489 e. The molecule has 7 nitrogen and oxygen atoms in total. The number of rotatable bonds is 8. The van der Waals surface area contributed by atoms with Crippen LogP contribution in [0.4, 0.5) is 10.6 Å². The number of fused-ring (bicyclic) bond motifs is 1. The standard InChI is InChI=1S/C23H21ClN2O5S2/c1-3-28-23(27)31-18-9-26-22(25)20-14(12-32-21(18)20)10-29-15-6-13(2)7-16(8-15)30-11-17-4-5-19(24)33-17/h4-9,12H,3,10-11H2,1-2H3,(H2,25,26). The van der Waals surface area contributed by atoms with Crippen molar-refractivity contribution in [1.82, 2.24) is 4.98 Å². The number of carbonyl (C=O) groups excluding carboxylic acids is 1. The SMILES string of the molecule is CCOC(=O)Oc1cnc(N)c2c(COc3cc(C)cc(OCc4ccc(Cl)s4)c3)csc12. The van der Waals surface area contributed by atoms with Crippen LogP contribution in [0, 0.1) is 6.92 Å². The van der Waals surface area contributed by atoms with E-state index >= 15 is 0 Å². The molecule has 0 atom stereocenters. The van der Waals surface area contributed by atoms with Crippen LogP contribution in [0.3, 0.4) is 0 Å². The van der Waals surface area contributed by atoms with E-state index in [1.54, 1.807) is 6.92 Å². The number of benzene rings is 1. The quantitative estimate of drug-likeness (QED) is 0.270. The number of thiophene rings is 2. The summed E-state index contributed by atoms with van der Waals surface area (Å²) in [5.74, 6) is 2.01. The third kappa shape index (κ3) is 5.68. The molecule has 3 aromatic heterocycles. The normalized spacial score (nSPS) is 10.9.